The Morgan fingerprint density at radius 3 is 2.33 bits per heavy atom. The van der Waals surface area contributed by atoms with Gasteiger partial charge in [0.25, 0.3) is 0 Å². The van der Waals surface area contributed by atoms with E-state index in [1.807, 2.05) is 30.3 Å². The van der Waals surface area contributed by atoms with Crippen molar-refractivity contribution in [3.8, 4) is 5.75 Å². The summed E-state index contributed by atoms with van der Waals surface area (Å²) in [6, 6.07) is 16.2. The minimum absolute atomic E-state index is 0.0192. The molecule has 0 aromatic heterocycles. The van der Waals surface area contributed by atoms with Crippen LogP contribution < -0.4 is 0 Å². The van der Waals surface area contributed by atoms with Crippen molar-refractivity contribution in [2.24, 2.45) is 0 Å². The maximum atomic E-state index is 11.7. The number of phenols is 1. The zero-order valence-corrected chi connectivity index (χ0v) is 10.4. The van der Waals surface area contributed by atoms with E-state index < -0.39 is 0 Å². The molecule has 0 fully saturated rings. The van der Waals surface area contributed by atoms with Gasteiger partial charge >= 0.3 is 0 Å². The molecule has 2 nitrogen and oxygen atoms in total. The second kappa shape index (κ2) is 6.07. The summed E-state index contributed by atoms with van der Waals surface area (Å²) in [5.41, 5.74) is 0.884. The number of hydrogen-bond donors (Lipinski definition) is 1. The molecule has 0 radical (unpaired) electrons. The fraction of sp³-hybridized carbons (Fsp3) is 0. The summed E-state index contributed by atoms with van der Waals surface area (Å²) in [5, 5.41) is 9.11. The van der Waals surface area contributed by atoms with Gasteiger partial charge in [0.15, 0.2) is 0 Å². The van der Waals surface area contributed by atoms with Crippen LogP contribution in [0.2, 0.25) is 0 Å². The van der Waals surface area contributed by atoms with Crippen LogP contribution in [-0.2, 0) is 4.79 Å². The molecule has 0 unspecified atom stereocenters. The predicted molar refractivity (Wildman–Crippen MR) is 74.4 cm³/mol. The van der Waals surface area contributed by atoms with Crippen LogP contribution in [-0.4, -0.2) is 10.2 Å². The van der Waals surface area contributed by atoms with Gasteiger partial charge < -0.3 is 5.11 Å². The van der Waals surface area contributed by atoms with Gasteiger partial charge in [-0.05, 0) is 47.7 Å². The number of phenolic OH excluding ortho intramolecular Hbond substituents is 1. The quantitative estimate of drug-likeness (QED) is 0.671. The van der Waals surface area contributed by atoms with Crippen LogP contribution in [0.15, 0.2) is 65.6 Å². The Balaban J connectivity index is 1.97. The van der Waals surface area contributed by atoms with Crippen LogP contribution in [0.1, 0.15) is 5.56 Å². The number of rotatable bonds is 3. The largest absolute Gasteiger partial charge is 0.508 e. The fourth-order valence-corrected chi connectivity index (χ4v) is 2.05. The average molecular weight is 256 g/mol. The van der Waals surface area contributed by atoms with E-state index in [1.165, 1.54) is 17.8 Å². The lowest BCUT2D eigenvalue weighted by atomic mass is 10.2. The molecule has 18 heavy (non-hydrogen) atoms. The molecule has 0 amide bonds. The first-order valence-electron chi connectivity index (χ1n) is 5.48. The van der Waals surface area contributed by atoms with Crippen LogP contribution in [0.25, 0.3) is 6.08 Å². The molecule has 0 atom stereocenters. The molecule has 90 valence electrons. The minimum Gasteiger partial charge on any atom is -0.508 e. The molecule has 0 aliphatic rings. The zero-order valence-electron chi connectivity index (χ0n) is 9.61. The molecule has 0 spiro atoms. The predicted octanol–water partition coefficient (Wildman–Crippen LogP) is 3.72. The first-order valence-corrected chi connectivity index (χ1v) is 6.30. The van der Waals surface area contributed by atoms with Crippen molar-refractivity contribution in [2.45, 2.75) is 4.90 Å². The van der Waals surface area contributed by atoms with E-state index in [9.17, 15) is 4.79 Å². The van der Waals surface area contributed by atoms with E-state index in [4.69, 9.17) is 5.11 Å². The molecule has 0 bridgehead atoms. The van der Waals surface area contributed by atoms with E-state index in [-0.39, 0.29) is 10.9 Å². The lowest BCUT2D eigenvalue weighted by Gasteiger charge is -1.96. The Kier molecular flexibility index (Phi) is 4.20. The Morgan fingerprint density at radius 2 is 1.67 bits per heavy atom. The lowest BCUT2D eigenvalue weighted by Crippen LogP contribution is -1.84. The van der Waals surface area contributed by atoms with Crippen LogP contribution in [0.4, 0.5) is 0 Å². The van der Waals surface area contributed by atoms with Gasteiger partial charge in [-0.3, -0.25) is 4.79 Å². The Morgan fingerprint density at radius 1 is 1.00 bits per heavy atom. The third-order valence-corrected chi connectivity index (χ3v) is 3.11. The standard InChI is InChI=1S/C15H12O2S/c16-13-9-6-12(7-10-13)8-11-15(17)18-14-4-2-1-3-5-14/h1-11,16H/b11-8-. The van der Waals surface area contributed by atoms with Gasteiger partial charge in [0.2, 0.25) is 5.12 Å². The molecule has 0 aliphatic heterocycles. The Bertz CT molecular complexity index is 544. The number of hydrogen-bond acceptors (Lipinski definition) is 3. The van der Waals surface area contributed by atoms with Gasteiger partial charge in [-0.1, -0.05) is 36.4 Å². The van der Waals surface area contributed by atoms with Crippen molar-refractivity contribution in [2.75, 3.05) is 0 Å². The topological polar surface area (TPSA) is 37.3 Å². The number of carbonyl (C=O) groups excluding carboxylic acids is 1. The zero-order chi connectivity index (χ0) is 12.8. The summed E-state index contributed by atoms with van der Waals surface area (Å²) in [5.74, 6) is 0.220. The molecule has 2 aromatic carbocycles. The summed E-state index contributed by atoms with van der Waals surface area (Å²) in [6.07, 6.45) is 3.27. The van der Waals surface area contributed by atoms with Crippen molar-refractivity contribution in [3.05, 3.63) is 66.2 Å². The Labute approximate surface area is 110 Å². The van der Waals surface area contributed by atoms with Gasteiger partial charge in [-0.25, -0.2) is 0 Å². The summed E-state index contributed by atoms with van der Waals surface area (Å²) in [4.78, 5) is 12.6. The molecule has 0 saturated carbocycles. The van der Waals surface area contributed by atoms with Crippen LogP contribution in [0, 0.1) is 0 Å². The highest BCUT2D eigenvalue weighted by Crippen LogP contribution is 2.19. The van der Waals surface area contributed by atoms with Gasteiger partial charge in [-0.2, -0.15) is 0 Å². The SMILES string of the molecule is O=C(/C=C\c1ccc(O)cc1)Sc1ccccc1. The highest BCUT2D eigenvalue weighted by molar-refractivity contribution is 8.14. The summed E-state index contributed by atoms with van der Waals surface area (Å²) in [6.45, 7) is 0. The maximum absolute atomic E-state index is 11.7. The fourth-order valence-electron chi connectivity index (χ4n) is 1.39. The van der Waals surface area contributed by atoms with Gasteiger partial charge in [0, 0.05) is 4.90 Å². The maximum Gasteiger partial charge on any atom is 0.216 e. The first kappa shape index (κ1) is 12.5. The molecule has 0 aliphatic carbocycles. The number of thioether (sulfide) groups is 1. The normalized spacial score (nSPS) is 10.7. The van der Waals surface area contributed by atoms with Crippen LogP contribution in [0.5, 0.6) is 5.75 Å². The van der Waals surface area contributed by atoms with Crippen molar-refractivity contribution in [1.82, 2.24) is 0 Å². The lowest BCUT2D eigenvalue weighted by molar-refractivity contribution is -0.106. The minimum atomic E-state index is -0.0192. The molecule has 3 heteroatoms. The van der Waals surface area contributed by atoms with Crippen molar-refractivity contribution >= 4 is 23.0 Å². The van der Waals surface area contributed by atoms with Gasteiger partial charge in [0.1, 0.15) is 5.75 Å². The van der Waals surface area contributed by atoms with E-state index >= 15 is 0 Å². The van der Waals surface area contributed by atoms with E-state index in [0.717, 1.165) is 10.5 Å². The molecular formula is C15H12O2S. The van der Waals surface area contributed by atoms with Gasteiger partial charge in [-0.15, -0.1) is 0 Å². The molecule has 0 heterocycles. The third kappa shape index (κ3) is 3.79. The molecule has 2 aromatic rings. The van der Waals surface area contributed by atoms with Crippen molar-refractivity contribution < 1.29 is 9.90 Å². The van der Waals surface area contributed by atoms with Crippen molar-refractivity contribution in [1.29, 1.82) is 0 Å². The van der Waals surface area contributed by atoms with E-state index in [2.05, 4.69) is 0 Å². The summed E-state index contributed by atoms with van der Waals surface area (Å²) >= 11 is 1.19. The summed E-state index contributed by atoms with van der Waals surface area (Å²) < 4.78 is 0. The number of benzene rings is 2. The first-order chi connectivity index (χ1) is 8.74. The second-order valence-electron chi connectivity index (χ2n) is 3.66. The van der Waals surface area contributed by atoms with Gasteiger partial charge in [0.05, 0.1) is 0 Å². The van der Waals surface area contributed by atoms with E-state index in [0.29, 0.717) is 0 Å². The second-order valence-corrected chi connectivity index (χ2v) is 4.74. The monoisotopic (exact) mass is 256 g/mol. The average Bonchev–Trinajstić information content (AvgIpc) is 2.39. The Hall–Kier alpha value is -2.00. The highest BCUT2D eigenvalue weighted by atomic mass is 32.2. The third-order valence-electron chi connectivity index (χ3n) is 2.27. The van der Waals surface area contributed by atoms with Crippen LogP contribution in [0.3, 0.4) is 0 Å². The molecule has 0 saturated heterocycles. The molecule has 1 N–H and O–H groups in total. The van der Waals surface area contributed by atoms with Crippen LogP contribution >= 0.6 is 11.8 Å². The molecular weight excluding hydrogens is 244 g/mol. The summed E-state index contributed by atoms with van der Waals surface area (Å²) in [7, 11) is 0. The highest BCUT2D eigenvalue weighted by Gasteiger charge is 1.99. The number of carbonyl (C=O) groups is 1. The molecule has 2 rings (SSSR count). The smallest absolute Gasteiger partial charge is 0.216 e. The van der Waals surface area contributed by atoms with E-state index in [1.54, 1.807) is 30.3 Å². The number of aromatic hydroxyl groups is 1. The van der Waals surface area contributed by atoms with Crippen molar-refractivity contribution in [3.63, 3.8) is 0 Å².